The lowest BCUT2D eigenvalue weighted by atomic mass is 10.2. The van der Waals surface area contributed by atoms with E-state index in [9.17, 15) is 4.79 Å². The summed E-state index contributed by atoms with van der Waals surface area (Å²) in [5, 5.41) is 3.71. The van der Waals surface area contributed by atoms with Crippen molar-refractivity contribution >= 4 is 22.6 Å². The van der Waals surface area contributed by atoms with Gasteiger partial charge in [0, 0.05) is 49.6 Å². The Hall–Kier alpha value is -2.22. The molecule has 1 fully saturated rings. The Kier molecular flexibility index (Phi) is 5.47. The van der Waals surface area contributed by atoms with E-state index in [1.54, 1.807) is 6.20 Å². The van der Waals surface area contributed by atoms with Crippen LogP contribution in [0.2, 0.25) is 0 Å². The van der Waals surface area contributed by atoms with Crippen LogP contribution in [0.3, 0.4) is 0 Å². The van der Waals surface area contributed by atoms with Crippen LogP contribution in [0.5, 0.6) is 5.75 Å². The molecular formula is C17H23N5O2S. The maximum Gasteiger partial charge on any atom is 0.217 e. The molecule has 1 aliphatic rings. The van der Waals surface area contributed by atoms with Gasteiger partial charge >= 0.3 is 0 Å². The van der Waals surface area contributed by atoms with Crippen molar-refractivity contribution in [3.8, 4) is 5.75 Å². The lowest BCUT2D eigenvalue weighted by Crippen LogP contribution is -2.24. The predicted molar refractivity (Wildman–Crippen MR) is 97.0 cm³/mol. The van der Waals surface area contributed by atoms with Gasteiger partial charge in [0.05, 0.1) is 18.8 Å². The molecule has 0 aliphatic carbocycles. The highest BCUT2D eigenvalue weighted by molar-refractivity contribution is 7.09. The molecule has 1 amide bonds. The number of hydrogen-bond donors (Lipinski definition) is 1. The molecule has 7 nitrogen and oxygen atoms in total. The Labute approximate surface area is 151 Å². The molecule has 1 atom stereocenters. The maximum absolute atomic E-state index is 11.0. The van der Waals surface area contributed by atoms with Gasteiger partial charge in [0.15, 0.2) is 0 Å². The van der Waals surface area contributed by atoms with Crippen LogP contribution in [0.1, 0.15) is 44.6 Å². The molecular weight excluding hydrogens is 338 g/mol. The highest BCUT2D eigenvalue weighted by Crippen LogP contribution is 2.26. The molecule has 0 aromatic carbocycles. The zero-order chi connectivity index (χ0) is 17.8. The van der Waals surface area contributed by atoms with E-state index >= 15 is 0 Å². The number of hydrogen-bond acceptors (Lipinski definition) is 7. The van der Waals surface area contributed by atoms with Crippen molar-refractivity contribution < 1.29 is 9.53 Å². The van der Waals surface area contributed by atoms with Gasteiger partial charge in [0.25, 0.3) is 0 Å². The third kappa shape index (κ3) is 4.66. The van der Waals surface area contributed by atoms with Gasteiger partial charge in [-0.3, -0.25) is 9.78 Å². The third-order valence-electron chi connectivity index (χ3n) is 3.97. The van der Waals surface area contributed by atoms with E-state index in [4.69, 9.17) is 4.74 Å². The number of carbonyl (C=O) groups excluding carboxylic acids is 1. The summed E-state index contributed by atoms with van der Waals surface area (Å²) < 4.78 is 10.5. The Morgan fingerprint density at radius 1 is 1.52 bits per heavy atom. The standard InChI is InChI=1S/C17H23N5O2S/c1-11(2)16-20-17(25-21-16)22-7-5-15(10-22)24-14-4-6-18-13(8-14)9-19-12(3)23/h4,6,8,11,15H,5,7,9-10H2,1-3H3,(H,19,23). The number of aromatic nitrogens is 3. The minimum absolute atomic E-state index is 0.0719. The monoisotopic (exact) mass is 361 g/mol. The number of pyridine rings is 1. The van der Waals surface area contributed by atoms with Gasteiger partial charge in [-0.2, -0.15) is 4.37 Å². The average Bonchev–Trinajstić information content (AvgIpc) is 3.22. The summed E-state index contributed by atoms with van der Waals surface area (Å²) in [5.41, 5.74) is 0.785. The summed E-state index contributed by atoms with van der Waals surface area (Å²) in [6, 6.07) is 3.72. The van der Waals surface area contributed by atoms with Crippen molar-refractivity contribution in [2.45, 2.75) is 45.8 Å². The SMILES string of the molecule is CC(=O)NCc1cc(OC2CCN(c3nc(C(C)C)ns3)C2)ccn1. The largest absolute Gasteiger partial charge is 0.488 e. The second-order valence-corrected chi connectivity index (χ2v) is 7.19. The maximum atomic E-state index is 11.0. The molecule has 3 heterocycles. The number of anilines is 1. The van der Waals surface area contributed by atoms with E-state index in [2.05, 4.69) is 38.4 Å². The zero-order valence-electron chi connectivity index (χ0n) is 14.7. The first kappa shape index (κ1) is 17.6. The highest BCUT2D eigenvalue weighted by Gasteiger charge is 2.27. The summed E-state index contributed by atoms with van der Waals surface area (Å²) >= 11 is 1.45. The second kappa shape index (κ2) is 7.77. The first-order valence-electron chi connectivity index (χ1n) is 8.46. The van der Waals surface area contributed by atoms with Crippen LogP contribution in [0.25, 0.3) is 0 Å². The summed E-state index contributed by atoms with van der Waals surface area (Å²) in [7, 11) is 0. The first-order chi connectivity index (χ1) is 12.0. The normalized spacial score (nSPS) is 17.1. The van der Waals surface area contributed by atoms with Crippen LogP contribution in [-0.4, -0.2) is 39.4 Å². The predicted octanol–water partition coefficient (Wildman–Crippen LogP) is 2.35. The van der Waals surface area contributed by atoms with Crippen LogP contribution in [-0.2, 0) is 11.3 Å². The molecule has 0 saturated carbocycles. The van der Waals surface area contributed by atoms with Crippen molar-refractivity contribution in [2.24, 2.45) is 0 Å². The van der Waals surface area contributed by atoms with E-state index in [0.717, 1.165) is 41.9 Å². The number of nitrogens with zero attached hydrogens (tertiary/aromatic N) is 4. The molecule has 1 aliphatic heterocycles. The third-order valence-corrected chi connectivity index (χ3v) is 4.76. The smallest absolute Gasteiger partial charge is 0.217 e. The molecule has 0 bridgehead atoms. The van der Waals surface area contributed by atoms with Gasteiger partial charge in [0.2, 0.25) is 11.0 Å². The zero-order valence-corrected chi connectivity index (χ0v) is 15.5. The Balaban J connectivity index is 1.57. The van der Waals surface area contributed by atoms with Crippen LogP contribution >= 0.6 is 11.5 Å². The van der Waals surface area contributed by atoms with Gasteiger partial charge in [0.1, 0.15) is 17.7 Å². The summed E-state index contributed by atoms with van der Waals surface area (Å²) in [5.74, 6) is 1.96. The van der Waals surface area contributed by atoms with Crippen LogP contribution in [0.15, 0.2) is 18.3 Å². The quantitative estimate of drug-likeness (QED) is 0.851. The van der Waals surface area contributed by atoms with Crippen molar-refractivity contribution in [1.29, 1.82) is 0 Å². The van der Waals surface area contributed by atoms with Crippen molar-refractivity contribution in [3.63, 3.8) is 0 Å². The average molecular weight is 361 g/mol. The molecule has 134 valence electrons. The molecule has 1 unspecified atom stereocenters. The number of carbonyl (C=O) groups is 1. The van der Waals surface area contributed by atoms with Gasteiger partial charge in [-0.25, -0.2) is 4.98 Å². The van der Waals surface area contributed by atoms with E-state index < -0.39 is 0 Å². The van der Waals surface area contributed by atoms with Crippen LogP contribution < -0.4 is 15.0 Å². The Morgan fingerprint density at radius 3 is 3.08 bits per heavy atom. The fraction of sp³-hybridized carbons (Fsp3) is 0.529. The van der Waals surface area contributed by atoms with Gasteiger partial charge < -0.3 is 15.0 Å². The molecule has 0 radical (unpaired) electrons. The number of nitrogens with one attached hydrogen (secondary N) is 1. The Morgan fingerprint density at radius 2 is 2.36 bits per heavy atom. The van der Waals surface area contributed by atoms with Gasteiger partial charge in [-0.05, 0) is 6.07 Å². The summed E-state index contributed by atoms with van der Waals surface area (Å²) in [4.78, 5) is 22.1. The van der Waals surface area contributed by atoms with Crippen LogP contribution in [0, 0.1) is 0 Å². The molecule has 2 aromatic rings. The fourth-order valence-electron chi connectivity index (χ4n) is 2.62. The van der Waals surface area contributed by atoms with E-state index in [1.807, 2.05) is 12.1 Å². The minimum Gasteiger partial charge on any atom is -0.488 e. The lowest BCUT2D eigenvalue weighted by molar-refractivity contribution is -0.119. The number of rotatable bonds is 6. The molecule has 2 aromatic heterocycles. The Bertz CT molecular complexity index is 733. The summed E-state index contributed by atoms with van der Waals surface area (Å²) in [6.07, 6.45) is 2.76. The van der Waals surface area contributed by atoms with Gasteiger partial charge in [-0.1, -0.05) is 13.8 Å². The van der Waals surface area contributed by atoms with E-state index in [0.29, 0.717) is 12.5 Å². The topological polar surface area (TPSA) is 80.2 Å². The van der Waals surface area contributed by atoms with E-state index in [1.165, 1.54) is 18.5 Å². The molecule has 1 saturated heterocycles. The van der Waals surface area contributed by atoms with Gasteiger partial charge in [-0.15, -0.1) is 0 Å². The minimum atomic E-state index is -0.0719. The van der Waals surface area contributed by atoms with Crippen molar-refractivity contribution in [2.75, 3.05) is 18.0 Å². The molecule has 8 heteroatoms. The number of amides is 1. The molecule has 0 spiro atoms. The highest BCUT2D eigenvalue weighted by atomic mass is 32.1. The lowest BCUT2D eigenvalue weighted by Gasteiger charge is -2.16. The molecule has 3 rings (SSSR count). The van der Waals surface area contributed by atoms with E-state index in [-0.39, 0.29) is 12.0 Å². The second-order valence-electron chi connectivity index (χ2n) is 6.46. The fourth-order valence-corrected chi connectivity index (χ4v) is 3.46. The van der Waals surface area contributed by atoms with Crippen LogP contribution in [0.4, 0.5) is 5.13 Å². The first-order valence-corrected chi connectivity index (χ1v) is 9.23. The molecule has 1 N–H and O–H groups in total. The van der Waals surface area contributed by atoms with Crippen molar-refractivity contribution in [3.05, 3.63) is 29.8 Å². The van der Waals surface area contributed by atoms with Crippen molar-refractivity contribution in [1.82, 2.24) is 19.7 Å². The number of ether oxygens (including phenoxy) is 1. The summed E-state index contributed by atoms with van der Waals surface area (Å²) in [6.45, 7) is 7.82. The molecule has 25 heavy (non-hydrogen) atoms.